The van der Waals surface area contributed by atoms with Gasteiger partial charge in [-0.15, -0.1) is 0 Å². The first kappa shape index (κ1) is 20.4. The van der Waals surface area contributed by atoms with Crippen molar-refractivity contribution >= 4 is 11.9 Å². The van der Waals surface area contributed by atoms with E-state index in [1.54, 1.807) is 39.5 Å². The molecule has 0 saturated carbocycles. The molecule has 0 unspecified atom stereocenters. The maximum atomic E-state index is 13.2. The van der Waals surface area contributed by atoms with Gasteiger partial charge in [-0.1, -0.05) is 0 Å². The van der Waals surface area contributed by atoms with Crippen LogP contribution >= 0.6 is 0 Å². The number of ketones is 1. The number of rotatable bonds is 7. The molecule has 0 N–H and O–H groups in total. The quantitative estimate of drug-likeness (QED) is 0.658. The van der Waals surface area contributed by atoms with Gasteiger partial charge in [0.05, 0.1) is 48.2 Å². The van der Waals surface area contributed by atoms with E-state index in [0.717, 1.165) is 5.56 Å². The van der Waals surface area contributed by atoms with Gasteiger partial charge in [-0.2, -0.15) is 0 Å². The number of Topliss-reactive ketones (excluding diaryl/α,β-unsaturated/α-hetero) is 1. The van der Waals surface area contributed by atoms with Crippen LogP contribution in [0.25, 0.3) is 6.08 Å². The Morgan fingerprint density at radius 3 is 1.86 bits per heavy atom. The first-order chi connectivity index (χ1) is 14.0. The highest BCUT2D eigenvalue weighted by molar-refractivity contribution is 6.18. The third-order valence-electron chi connectivity index (χ3n) is 4.88. The molecule has 7 nitrogen and oxygen atoms in total. The molecule has 0 saturated heterocycles. The number of ether oxygens (including phenoxy) is 6. The number of hydrogen-bond donors (Lipinski definition) is 0. The summed E-state index contributed by atoms with van der Waals surface area (Å²) >= 11 is 0. The van der Waals surface area contributed by atoms with Crippen LogP contribution in [-0.2, 0) is 6.42 Å². The summed E-state index contributed by atoms with van der Waals surface area (Å²) in [5.41, 5.74) is 2.60. The Bertz CT molecular complexity index is 976. The van der Waals surface area contributed by atoms with Crippen molar-refractivity contribution in [2.45, 2.75) is 6.42 Å². The molecule has 2 aromatic rings. The minimum absolute atomic E-state index is 0.130. The lowest BCUT2D eigenvalue weighted by Gasteiger charge is -2.15. The Morgan fingerprint density at radius 2 is 1.31 bits per heavy atom. The second-order valence-corrected chi connectivity index (χ2v) is 6.28. The Kier molecular flexibility index (Phi) is 5.87. The number of hydrogen-bond acceptors (Lipinski definition) is 7. The van der Waals surface area contributed by atoms with Crippen LogP contribution in [0.15, 0.2) is 23.8 Å². The summed E-state index contributed by atoms with van der Waals surface area (Å²) in [5.74, 6) is 2.65. The molecule has 0 atom stereocenters. The van der Waals surface area contributed by atoms with Crippen LogP contribution in [0.4, 0.5) is 0 Å². The molecule has 0 amide bonds. The maximum Gasteiger partial charge on any atom is 0.204 e. The lowest BCUT2D eigenvalue weighted by Crippen LogP contribution is -2.03. The Labute approximate surface area is 169 Å². The average molecular weight is 400 g/mol. The minimum atomic E-state index is -0.130. The molecule has 29 heavy (non-hydrogen) atoms. The monoisotopic (exact) mass is 400 g/mol. The van der Waals surface area contributed by atoms with Crippen molar-refractivity contribution in [3.63, 3.8) is 0 Å². The van der Waals surface area contributed by atoms with Crippen LogP contribution in [0, 0.1) is 0 Å². The highest BCUT2D eigenvalue weighted by Crippen LogP contribution is 2.47. The van der Waals surface area contributed by atoms with Crippen molar-refractivity contribution in [1.82, 2.24) is 0 Å². The van der Waals surface area contributed by atoms with Crippen LogP contribution in [0.1, 0.15) is 21.5 Å². The number of allylic oxidation sites excluding steroid dienone is 1. The third kappa shape index (κ3) is 3.33. The van der Waals surface area contributed by atoms with E-state index in [4.69, 9.17) is 28.4 Å². The molecule has 2 aromatic carbocycles. The maximum absolute atomic E-state index is 13.2. The summed E-state index contributed by atoms with van der Waals surface area (Å²) in [6, 6.07) is 5.40. The van der Waals surface area contributed by atoms with Crippen molar-refractivity contribution in [1.29, 1.82) is 0 Å². The predicted molar refractivity (Wildman–Crippen MR) is 108 cm³/mol. The molecule has 0 aliphatic heterocycles. The first-order valence-corrected chi connectivity index (χ1v) is 8.90. The molecule has 0 heterocycles. The van der Waals surface area contributed by atoms with Crippen molar-refractivity contribution in [3.8, 4) is 34.5 Å². The molecule has 0 bridgehead atoms. The standard InChI is InChI=1S/C22H24O7/c1-24-15-8-7-12(19(26-3)20(15)27-4)9-14-10-13-11-16(25-2)21(28-5)22(29-6)17(13)18(14)23/h7-9,11H,10H2,1-6H3. The zero-order chi connectivity index (χ0) is 21.1. The van der Waals surface area contributed by atoms with E-state index in [2.05, 4.69) is 0 Å². The molecule has 1 aliphatic rings. The fourth-order valence-electron chi connectivity index (χ4n) is 3.58. The van der Waals surface area contributed by atoms with Gasteiger partial charge in [0.15, 0.2) is 28.8 Å². The highest BCUT2D eigenvalue weighted by atomic mass is 16.5. The second-order valence-electron chi connectivity index (χ2n) is 6.28. The summed E-state index contributed by atoms with van der Waals surface area (Å²) in [7, 11) is 9.20. The average Bonchev–Trinajstić information content (AvgIpc) is 3.06. The zero-order valence-corrected chi connectivity index (χ0v) is 17.4. The lowest BCUT2D eigenvalue weighted by atomic mass is 10.1. The minimum Gasteiger partial charge on any atom is -0.493 e. The molecule has 0 aromatic heterocycles. The van der Waals surface area contributed by atoms with Gasteiger partial charge in [0.1, 0.15) is 0 Å². The predicted octanol–water partition coefficient (Wildman–Crippen LogP) is 3.56. The van der Waals surface area contributed by atoms with Gasteiger partial charge in [0, 0.05) is 17.6 Å². The molecule has 0 spiro atoms. The van der Waals surface area contributed by atoms with E-state index in [1.807, 2.05) is 6.07 Å². The van der Waals surface area contributed by atoms with Gasteiger partial charge in [-0.3, -0.25) is 4.79 Å². The topological polar surface area (TPSA) is 72.5 Å². The van der Waals surface area contributed by atoms with Gasteiger partial charge in [0.25, 0.3) is 0 Å². The smallest absolute Gasteiger partial charge is 0.204 e. The summed E-state index contributed by atoms with van der Waals surface area (Å²) in [6.07, 6.45) is 2.23. The largest absolute Gasteiger partial charge is 0.493 e. The number of carbonyl (C=O) groups is 1. The molecule has 0 fully saturated rings. The second kappa shape index (κ2) is 8.34. The first-order valence-electron chi connectivity index (χ1n) is 8.90. The lowest BCUT2D eigenvalue weighted by molar-refractivity contribution is 0.103. The molecule has 1 aliphatic carbocycles. The van der Waals surface area contributed by atoms with Crippen molar-refractivity contribution in [2.24, 2.45) is 0 Å². The van der Waals surface area contributed by atoms with Crippen molar-refractivity contribution in [3.05, 3.63) is 40.5 Å². The van der Waals surface area contributed by atoms with Crippen molar-refractivity contribution < 1.29 is 33.2 Å². The van der Waals surface area contributed by atoms with E-state index in [1.165, 1.54) is 21.3 Å². The summed E-state index contributed by atoms with van der Waals surface area (Å²) in [6.45, 7) is 0. The Hall–Kier alpha value is -3.35. The van der Waals surface area contributed by atoms with Gasteiger partial charge < -0.3 is 28.4 Å². The van der Waals surface area contributed by atoms with E-state index < -0.39 is 0 Å². The Balaban J connectivity index is 2.13. The number of methoxy groups -OCH3 is 6. The molecular weight excluding hydrogens is 376 g/mol. The van der Waals surface area contributed by atoms with Crippen LogP contribution in [-0.4, -0.2) is 48.4 Å². The van der Waals surface area contributed by atoms with Crippen molar-refractivity contribution in [2.75, 3.05) is 42.7 Å². The normalized spacial score (nSPS) is 13.9. The fraction of sp³-hybridized carbons (Fsp3) is 0.318. The molecule has 3 rings (SSSR count). The highest BCUT2D eigenvalue weighted by Gasteiger charge is 2.33. The summed E-state index contributed by atoms with van der Waals surface area (Å²) in [4.78, 5) is 13.2. The van der Waals surface area contributed by atoms with Crippen LogP contribution in [0.5, 0.6) is 34.5 Å². The van der Waals surface area contributed by atoms with E-state index >= 15 is 0 Å². The third-order valence-corrected chi connectivity index (χ3v) is 4.88. The molecule has 7 heteroatoms. The van der Waals surface area contributed by atoms with Gasteiger partial charge >= 0.3 is 0 Å². The van der Waals surface area contributed by atoms with Gasteiger partial charge in [0.2, 0.25) is 11.5 Å². The summed E-state index contributed by atoms with van der Waals surface area (Å²) in [5, 5.41) is 0. The Morgan fingerprint density at radius 1 is 0.724 bits per heavy atom. The number of fused-ring (bicyclic) bond motifs is 1. The van der Waals surface area contributed by atoms with E-state index in [9.17, 15) is 4.79 Å². The fourth-order valence-corrected chi connectivity index (χ4v) is 3.58. The molecule has 0 radical (unpaired) electrons. The zero-order valence-electron chi connectivity index (χ0n) is 17.4. The molecule has 154 valence electrons. The van der Waals surface area contributed by atoms with E-state index in [-0.39, 0.29) is 5.78 Å². The van der Waals surface area contributed by atoms with E-state index in [0.29, 0.717) is 57.6 Å². The van der Waals surface area contributed by atoms with Gasteiger partial charge in [-0.25, -0.2) is 0 Å². The SMILES string of the molecule is COc1ccc(C=C2Cc3cc(OC)c(OC)c(OC)c3C2=O)c(OC)c1OC. The molecular formula is C22H24O7. The van der Waals surface area contributed by atoms with Gasteiger partial charge in [-0.05, 0) is 29.8 Å². The number of benzene rings is 2. The van der Waals surface area contributed by atoms with Crippen LogP contribution < -0.4 is 28.4 Å². The van der Waals surface area contributed by atoms with Crippen LogP contribution in [0.2, 0.25) is 0 Å². The summed E-state index contributed by atoms with van der Waals surface area (Å²) < 4.78 is 32.6. The van der Waals surface area contributed by atoms with Crippen LogP contribution in [0.3, 0.4) is 0 Å². The number of carbonyl (C=O) groups excluding carboxylic acids is 1.